The third-order valence-corrected chi connectivity index (χ3v) is 6.84. The Morgan fingerprint density at radius 3 is 2.49 bits per heavy atom. The maximum atomic E-state index is 13.1. The van der Waals surface area contributed by atoms with Gasteiger partial charge in [0.05, 0.1) is 0 Å². The first-order chi connectivity index (χ1) is 18.5. The fraction of sp³-hybridized carbons (Fsp3) is 0.440. The Morgan fingerprint density at radius 1 is 1.18 bits per heavy atom. The number of hydrogen-bond donors (Lipinski definition) is 4. The molecular formula is C25H28N6O8. The van der Waals surface area contributed by atoms with E-state index >= 15 is 0 Å². The summed E-state index contributed by atoms with van der Waals surface area (Å²) in [7, 11) is 1.28. The van der Waals surface area contributed by atoms with E-state index in [1.807, 2.05) is 0 Å². The Hall–Kier alpha value is -4.62. The van der Waals surface area contributed by atoms with Crippen molar-refractivity contribution in [3.8, 4) is 0 Å². The lowest BCUT2D eigenvalue weighted by Crippen LogP contribution is -2.68. The van der Waals surface area contributed by atoms with E-state index in [9.17, 15) is 33.6 Å². The summed E-state index contributed by atoms with van der Waals surface area (Å²) in [6.45, 7) is 0.959. The fourth-order valence-corrected chi connectivity index (χ4v) is 4.67. The van der Waals surface area contributed by atoms with Crippen molar-refractivity contribution in [1.82, 2.24) is 25.5 Å². The fourth-order valence-electron chi connectivity index (χ4n) is 4.67. The minimum absolute atomic E-state index is 0.149. The third-order valence-electron chi connectivity index (χ3n) is 6.84. The van der Waals surface area contributed by atoms with Crippen LogP contribution in [0.3, 0.4) is 0 Å². The number of carbonyl (C=O) groups excluding carboxylic acids is 6. The lowest BCUT2D eigenvalue weighted by molar-refractivity contribution is -0.137. The van der Waals surface area contributed by atoms with E-state index in [2.05, 4.69) is 26.3 Å². The molecule has 2 heterocycles. The second-order valence-corrected chi connectivity index (χ2v) is 9.81. The summed E-state index contributed by atoms with van der Waals surface area (Å²) in [4.78, 5) is 90.0. The van der Waals surface area contributed by atoms with Gasteiger partial charge in [0.15, 0.2) is 5.69 Å². The van der Waals surface area contributed by atoms with E-state index in [0.29, 0.717) is 5.92 Å². The Bertz CT molecular complexity index is 1390. The Morgan fingerprint density at radius 2 is 1.90 bits per heavy atom. The number of pyridine rings is 1. The molecule has 3 saturated carbocycles. The number of oxazole rings is 1. The summed E-state index contributed by atoms with van der Waals surface area (Å²) in [5, 5.41) is 9.96. The molecule has 3 aliphatic rings. The normalized spacial score (nSPS) is 19.5. The molecule has 1 atom stereocenters. The summed E-state index contributed by atoms with van der Waals surface area (Å²) in [6, 6.07) is 1.44. The number of Topliss-reactive ketones (excluding diaryl/α,β-unsaturated/α-hetero) is 2. The van der Waals surface area contributed by atoms with Crippen molar-refractivity contribution >= 4 is 40.9 Å². The highest BCUT2D eigenvalue weighted by molar-refractivity contribution is 6.36. The van der Waals surface area contributed by atoms with Gasteiger partial charge in [-0.15, -0.1) is 0 Å². The van der Waals surface area contributed by atoms with E-state index in [4.69, 9.17) is 4.42 Å². The van der Waals surface area contributed by atoms with Gasteiger partial charge in [0.2, 0.25) is 23.4 Å². The predicted molar refractivity (Wildman–Crippen MR) is 134 cm³/mol. The van der Waals surface area contributed by atoms with E-state index in [1.165, 1.54) is 32.3 Å². The second-order valence-electron chi connectivity index (χ2n) is 9.81. The van der Waals surface area contributed by atoms with Gasteiger partial charge in [0, 0.05) is 32.1 Å². The summed E-state index contributed by atoms with van der Waals surface area (Å²) in [5.74, 6) is -3.88. The highest BCUT2D eigenvalue weighted by Crippen LogP contribution is 2.56. The van der Waals surface area contributed by atoms with Crippen molar-refractivity contribution in [3.63, 3.8) is 0 Å². The lowest BCUT2D eigenvalue weighted by Gasteiger charge is -2.61. The van der Waals surface area contributed by atoms with Crippen molar-refractivity contribution in [2.24, 2.45) is 5.92 Å². The van der Waals surface area contributed by atoms with E-state index in [1.54, 1.807) is 0 Å². The Kier molecular flexibility index (Phi) is 7.74. The highest BCUT2D eigenvalue weighted by atomic mass is 16.3. The number of hydrogen-bond acceptors (Lipinski definition) is 9. The monoisotopic (exact) mass is 540 g/mol. The molecule has 0 saturated heterocycles. The van der Waals surface area contributed by atoms with E-state index in [0.717, 1.165) is 30.1 Å². The molecule has 2 aromatic rings. The van der Waals surface area contributed by atoms with Crippen molar-refractivity contribution in [2.45, 2.75) is 57.2 Å². The number of ketones is 2. The Balaban J connectivity index is 1.45. The average Bonchev–Trinajstić information content (AvgIpc) is 3.36. The van der Waals surface area contributed by atoms with Gasteiger partial charge >= 0.3 is 0 Å². The van der Waals surface area contributed by atoms with Gasteiger partial charge in [-0.3, -0.25) is 33.6 Å². The molecule has 0 unspecified atom stereocenters. The summed E-state index contributed by atoms with van der Waals surface area (Å²) >= 11 is 0. The minimum Gasteiger partial charge on any atom is -0.441 e. The SMILES string of the molecule is CNC(=O)C(=O)CC[C@H](NC(=O)c1coc(C(C)=O)n1)C(=O)Nc1cccn(CC(=O)NC23CC(C2)C3)c1=O. The molecule has 0 radical (unpaired) electrons. The average molecular weight is 541 g/mol. The van der Waals surface area contributed by atoms with Gasteiger partial charge < -0.3 is 30.3 Å². The van der Waals surface area contributed by atoms with Crippen molar-refractivity contribution in [3.05, 3.63) is 46.5 Å². The predicted octanol–water partition coefficient (Wildman–Crippen LogP) is -0.460. The van der Waals surface area contributed by atoms with E-state index in [-0.39, 0.29) is 41.7 Å². The number of nitrogens with zero attached hydrogens (tertiary/aromatic N) is 2. The molecule has 0 spiro atoms. The Labute approximate surface area is 221 Å². The first-order valence-corrected chi connectivity index (χ1v) is 12.3. The zero-order valence-corrected chi connectivity index (χ0v) is 21.4. The van der Waals surface area contributed by atoms with Gasteiger partial charge in [0.1, 0.15) is 24.5 Å². The summed E-state index contributed by atoms with van der Waals surface area (Å²) in [5.41, 5.74) is -1.23. The highest BCUT2D eigenvalue weighted by Gasteiger charge is 2.57. The first kappa shape index (κ1) is 27.4. The molecular weight excluding hydrogens is 512 g/mol. The smallest absolute Gasteiger partial charge is 0.287 e. The molecule has 0 aromatic carbocycles. The number of aromatic nitrogens is 2. The molecule has 206 valence electrons. The standard InChI is InChI=1S/C25H28N6O8/c1-13(32)23-29-17(12-39-23)21(36)27-15(5-6-18(33)22(37)26-2)20(35)28-16-4-3-7-31(24(16)38)11-19(34)30-25-8-14(9-25)10-25/h3-4,7,12,14-15H,5-6,8-11H2,1-2H3,(H,26,37)(H,27,36)(H,28,35)(H,30,34)/t14?,15-,25?/m0/s1. The van der Waals surface area contributed by atoms with Crippen molar-refractivity contribution in [2.75, 3.05) is 12.4 Å². The van der Waals surface area contributed by atoms with Crippen molar-refractivity contribution in [1.29, 1.82) is 0 Å². The van der Waals surface area contributed by atoms with Crippen LogP contribution in [0.1, 0.15) is 60.2 Å². The van der Waals surface area contributed by atoms with E-state index < -0.39 is 47.3 Å². The number of likely N-dealkylation sites (N-methyl/N-ethyl adjacent to an activating group) is 1. The molecule has 3 aliphatic carbocycles. The summed E-state index contributed by atoms with van der Waals surface area (Å²) in [6.07, 6.45) is 4.52. The number of amides is 4. The van der Waals surface area contributed by atoms with Gasteiger partial charge in [-0.1, -0.05) is 0 Å². The maximum absolute atomic E-state index is 13.1. The van der Waals surface area contributed by atoms with Crippen LogP contribution >= 0.6 is 0 Å². The number of nitrogens with one attached hydrogen (secondary N) is 4. The van der Waals surface area contributed by atoms with Crippen LogP contribution in [0.2, 0.25) is 0 Å². The van der Waals surface area contributed by atoms with Crippen LogP contribution in [0.15, 0.2) is 33.8 Å². The van der Waals surface area contributed by atoms with Crippen molar-refractivity contribution < 1.29 is 33.2 Å². The van der Waals surface area contributed by atoms with Crippen LogP contribution in [0.25, 0.3) is 0 Å². The molecule has 14 nitrogen and oxygen atoms in total. The molecule has 4 amide bonds. The van der Waals surface area contributed by atoms with Crippen LogP contribution in [-0.4, -0.2) is 63.4 Å². The molecule has 39 heavy (non-hydrogen) atoms. The molecule has 14 heteroatoms. The van der Waals surface area contributed by atoms with Gasteiger partial charge in [0.25, 0.3) is 23.3 Å². The van der Waals surface area contributed by atoms with Gasteiger partial charge in [-0.2, -0.15) is 0 Å². The molecule has 0 aliphatic heterocycles. The largest absolute Gasteiger partial charge is 0.441 e. The van der Waals surface area contributed by atoms with Crippen LogP contribution in [0.4, 0.5) is 5.69 Å². The molecule has 3 fully saturated rings. The van der Waals surface area contributed by atoms with Crippen LogP contribution in [0.5, 0.6) is 0 Å². The van der Waals surface area contributed by atoms with Gasteiger partial charge in [-0.25, -0.2) is 4.98 Å². The maximum Gasteiger partial charge on any atom is 0.287 e. The molecule has 2 aromatic heterocycles. The van der Waals surface area contributed by atoms with Crippen LogP contribution < -0.4 is 26.8 Å². The lowest BCUT2D eigenvalue weighted by atomic mass is 9.50. The summed E-state index contributed by atoms with van der Waals surface area (Å²) < 4.78 is 6.08. The second kappa shape index (κ2) is 11.0. The minimum atomic E-state index is -1.37. The van der Waals surface area contributed by atoms with Crippen LogP contribution in [-0.2, 0) is 25.7 Å². The zero-order valence-electron chi connectivity index (χ0n) is 21.4. The number of anilines is 1. The molecule has 4 N–H and O–H groups in total. The quantitative estimate of drug-likeness (QED) is 0.203. The van der Waals surface area contributed by atoms with Crippen LogP contribution in [0, 0.1) is 5.92 Å². The zero-order chi connectivity index (χ0) is 28.3. The number of carbonyl (C=O) groups is 6. The first-order valence-electron chi connectivity index (χ1n) is 12.3. The third kappa shape index (κ3) is 6.10. The molecule has 2 bridgehead atoms. The van der Waals surface area contributed by atoms with Gasteiger partial charge in [-0.05, 0) is 43.7 Å². The molecule has 5 rings (SSSR count). The number of rotatable bonds is 12. The topological polar surface area (TPSA) is 199 Å².